The van der Waals surface area contributed by atoms with Crippen molar-refractivity contribution in [2.45, 2.75) is 52.3 Å². The Morgan fingerprint density at radius 2 is 1.21 bits per heavy atom. The molecule has 0 N–H and O–H groups in total. The molecule has 3 aliphatic rings. The maximum absolute atomic E-state index is 13.3. The van der Waals surface area contributed by atoms with Gasteiger partial charge in [-0.05, 0) is 38.5 Å². The molecule has 1 heterocycles. The van der Waals surface area contributed by atoms with E-state index in [1.54, 1.807) is 0 Å². The van der Waals surface area contributed by atoms with Gasteiger partial charge in [0.05, 0.1) is 4.75 Å². The van der Waals surface area contributed by atoms with Gasteiger partial charge < -0.3 is 4.74 Å². The first-order valence-corrected chi connectivity index (χ1v) is 16.9. The molecule has 1 aliphatic heterocycles. The molecule has 0 bridgehead atoms. The first-order chi connectivity index (χ1) is 12.9. The Hall–Kier alpha value is -0.240. The summed E-state index contributed by atoms with van der Waals surface area (Å²) in [5.41, 5.74) is 0. The highest BCUT2D eigenvalue weighted by Gasteiger charge is 2.76. The van der Waals surface area contributed by atoms with Gasteiger partial charge in [-0.1, -0.05) is 0 Å². The Morgan fingerprint density at radius 1 is 0.655 bits per heavy atom. The molecule has 0 amide bonds. The van der Waals surface area contributed by atoms with E-state index in [2.05, 4.69) is 0 Å². The minimum absolute atomic E-state index is 0.00852. The maximum Gasteiger partial charge on any atom is 0.177 e. The Labute approximate surface area is 173 Å². The lowest BCUT2D eigenvalue weighted by atomic mass is 9.62. The topological polar surface area (TPSA) is 146 Å². The second-order valence-electron chi connectivity index (χ2n) is 8.80. The molecule has 0 aromatic rings. The van der Waals surface area contributed by atoms with E-state index in [-0.39, 0.29) is 45.1 Å². The SMILES string of the molecule is CS(=O)(=O)C12CCC3C(S(C)(=O)=O)(CCCC3(S(C)(=O)=O)S(C)(=O)=O)C1CCO2. The van der Waals surface area contributed by atoms with Gasteiger partial charge in [-0.25, -0.2) is 33.7 Å². The third kappa shape index (κ3) is 2.82. The minimum atomic E-state index is -4.24. The highest BCUT2D eigenvalue weighted by Crippen LogP contribution is 2.64. The van der Waals surface area contributed by atoms with Crippen LogP contribution in [0.4, 0.5) is 0 Å². The van der Waals surface area contributed by atoms with Gasteiger partial charge >= 0.3 is 0 Å². The third-order valence-electron chi connectivity index (χ3n) is 7.44. The summed E-state index contributed by atoms with van der Waals surface area (Å²) in [6.07, 6.45) is 3.25. The van der Waals surface area contributed by atoms with Crippen LogP contribution in [0.25, 0.3) is 0 Å². The molecule has 3 fully saturated rings. The maximum atomic E-state index is 13.3. The Kier molecular flexibility index (Phi) is 5.16. The van der Waals surface area contributed by atoms with Gasteiger partial charge in [0, 0.05) is 43.5 Å². The van der Waals surface area contributed by atoms with E-state index in [1.807, 2.05) is 0 Å². The van der Waals surface area contributed by atoms with E-state index in [9.17, 15) is 33.7 Å². The van der Waals surface area contributed by atoms with Gasteiger partial charge in [0.1, 0.15) is 0 Å². The van der Waals surface area contributed by atoms with Crippen molar-refractivity contribution in [2.75, 3.05) is 31.6 Å². The zero-order valence-electron chi connectivity index (χ0n) is 16.9. The zero-order valence-corrected chi connectivity index (χ0v) is 20.2. The van der Waals surface area contributed by atoms with Crippen molar-refractivity contribution in [1.82, 2.24) is 0 Å². The summed E-state index contributed by atoms with van der Waals surface area (Å²) in [5, 5.41) is 0. The normalized spacial score (nSPS) is 38.2. The van der Waals surface area contributed by atoms with Gasteiger partial charge in [-0.15, -0.1) is 0 Å². The fourth-order valence-electron chi connectivity index (χ4n) is 6.51. The lowest BCUT2D eigenvalue weighted by Crippen LogP contribution is -2.72. The van der Waals surface area contributed by atoms with Crippen LogP contribution in [0.3, 0.4) is 0 Å². The predicted octanol–water partition coefficient (Wildman–Crippen LogP) is -0.0734. The minimum Gasteiger partial charge on any atom is -0.359 e. The van der Waals surface area contributed by atoms with Crippen LogP contribution in [0.5, 0.6) is 0 Å². The first-order valence-electron chi connectivity index (χ1n) is 9.31. The van der Waals surface area contributed by atoms with Crippen molar-refractivity contribution in [3.63, 3.8) is 0 Å². The van der Waals surface area contributed by atoms with Crippen molar-refractivity contribution < 1.29 is 38.4 Å². The van der Waals surface area contributed by atoms with Crippen molar-refractivity contribution >= 4 is 39.3 Å². The van der Waals surface area contributed by atoms with Crippen molar-refractivity contribution in [1.29, 1.82) is 0 Å². The molecule has 1 saturated heterocycles. The van der Waals surface area contributed by atoms with Crippen LogP contribution in [0.2, 0.25) is 0 Å². The summed E-state index contributed by atoms with van der Waals surface area (Å²) >= 11 is 0. The molecule has 0 aromatic carbocycles. The fourth-order valence-corrected chi connectivity index (χ4v) is 15.5. The number of fused-ring (bicyclic) bond motifs is 3. The molecule has 2 saturated carbocycles. The van der Waals surface area contributed by atoms with E-state index in [0.29, 0.717) is 0 Å². The second kappa shape index (κ2) is 6.39. The summed E-state index contributed by atoms with van der Waals surface area (Å²) in [6.45, 7) is 0.0203. The fraction of sp³-hybridized carbons (Fsp3) is 1.00. The monoisotopic (exact) mass is 492 g/mol. The van der Waals surface area contributed by atoms with Crippen LogP contribution in [0, 0.1) is 11.8 Å². The molecule has 13 heteroatoms. The number of hydrogen-bond donors (Lipinski definition) is 0. The number of sulfone groups is 4. The molecule has 4 unspecified atom stereocenters. The molecular formula is C16H28O9S4. The summed E-state index contributed by atoms with van der Waals surface area (Å²) in [4.78, 5) is -1.75. The molecule has 3 rings (SSSR count). The Morgan fingerprint density at radius 3 is 1.66 bits per heavy atom. The quantitative estimate of drug-likeness (QED) is 0.526. The van der Waals surface area contributed by atoms with Gasteiger partial charge in [0.2, 0.25) is 0 Å². The van der Waals surface area contributed by atoms with E-state index < -0.39 is 64.9 Å². The Bertz CT molecular complexity index is 1100. The van der Waals surface area contributed by atoms with E-state index in [1.165, 1.54) is 0 Å². The predicted molar refractivity (Wildman–Crippen MR) is 108 cm³/mol. The summed E-state index contributed by atoms with van der Waals surface area (Å²) in [7, 11) is -16.4. The summed E-state index contributed by atoms with van der Waals surface area (Å²) in [5.74, 6) is -2.28. The molecule has 0 aromatic heterocycles. The van der Waals surface area contributed by atoms with E-state index in [0.717, 1.165) is 25.0 Å². The van der Waals surface area contributed by atoms with E-state index >= 15 is 0 Å². The van der Waals surface area contributed by atoms with Gasteiger partial charge in [0.25, 0.3) is 0 Å². The Balaban J connectivity index is 2.43. The lowest BCUT2D eigenvalue weighted by molar-refractivity contribution is -0.0192. The van der Waals surface area contributed by atoms with Crippen molar-refractivity contribution in [2.24, 2.45) is 11.8 Å². The third-order valence-corrected chi connectivity index (χ3v) is 16.8. The van der Waals surface area contributed by atoms with Crippen LogP contribution in [0.15, 0.2) is 0 Å². The molecule has 29 heavy (non-hydrogen) atoms. The molecule has 4 atom stereocenters. The van der Waals surface area contributed by atoms with E-state index in [4.69, 9.17) is 4.74 Å². The summed E-state index contributed by atoms with van der Waals surface area (Å²) in [6, 6.07) is 0. The van der Waals surface area contributed by atoms with Crippen LogP contribution >= 0.6 is 0 Å². The van der Waals surface area contributed by atoms with Crippen LogP contribution < -0.4 is 0 Å². The molecule has 0 spiro atoms. The average Bonchev–Trinajstić information content (AvgIpc) is 2.96. The molecule has 9 nitrogen and oxygen atoms in total. The number of ether oxygens (including phenoxy) is 1. The number of rotatable bonds is 4. The molecule has 2 aliphatic carbocycles. The van der Waals surface area contributed by atoms with Crippen molar-refractivity contribution in [3.05, 3.63) is 0 Å². The van der Waals surface area contributed by atoms with Crippen LogP contribution in [-0.4, -0.2) is 79.1 Å². The summed E-state index contributed by atoms with van der Waals surface area (Å²) < 4.78 is 105. The highest BCUT2D eigenvalue weighted by atomic mass is 32.3. The van der Waals surface area contributed by atoms with Gasteiger partial charge in [-0.3, -0.25) is 0 Å². The molecule has 170 valence electrons. The molecular weight excluding hydrogens is 464 g/mol. The highest BCUT2D eigenvalue weighted by molar-refractivity contribution is 8.09. The van der Waals surface area contributed by atoms with Crippen molar-refractivity contribution in [3.8, 4) is 0 Å². The van der Waals surface area contributed by atoms with Crippen LogP contribution in [0.1, 0.15) is 38.5 Å². The lowest BCUT2D eigenvalue weighted by Gasteiger charge is -2.59. The molecule has 0 radical (unpaired) electrons. The number of hydrogen-bond acceptors (Lipinski definition) is 9. The largest absolute Gasteiger partial charge is 0.359 e. The smallest absolute Gasteiger partial charge is 0.177 e. The standard InChI is InChI=1S/C16H28O9S4/c1-26(17,18)14-8-5-9-16(28(3,21)22,29(4,23)24)13(14)6-10-15(27(2,19)20)12(14)7-11-25-15/h12-13H,5-11H2,1-4H3. The van der Waals surface area contributed by atoms with Gasteiger partial charge in [-0.2, -0.15) is 0 Å². The average molecular weight is 493 g/mol. The zero-order chi connectivity index (χ0) is 22.3. The first kappa shape index (κ1) is 23.4. The van der Waals surface area contributed by atoms with Crippen LogP contribution in [-0.2, 0) is 44.1 Å². The van der Waals surface area contributed by atoms with Gasteiger partial charge in [0.15, 0.2) is 48.4 Å². The second-order valence-corrected chi connectivity index (χ2v) is 18.1.